The Bertz CT molecular complexity index is 1040. The monoisotopic (exact) mass is 481 g/mol. The van der Waals surface area contributed by atoms with Gasteiger partial charge in [-0.15, -0.1) is 0 Å². The van der Waals surface area contributed by atoms with Crippen LogP contribution in [-0.2, 0) is 14.3 Å². The Labute approximate surface area is 194 Å². The van der Waals surface area contributed by atoms with Crippen molar-refractivity contribution in [3.63, 3.8) is 0 Å². The number of esters is 1. The van der Waals surface area contributed by atoms with Gasteiger partial charge in [-0.2, -0.15) is 5.26 Å². The third kappa shape index (κ3) is 7.14. The normalized spacial score (nSPS) is 10.2. The maximum atomic E-state index is 12.6. The van der Waals surface area contributed by atoms with Gasteiger partial charge in [0.15, 0.2) is 6.61 Å². The Morgan fingerprint density at radius 1 is 1.10 bits per heavy atom. The minimum absolute atomic E-state index is 0.0965. The van der Waals surface area contributed by atoms with Gasteiger partial charge in [0, 0.05) is 22.3 Å². The minimum atomic E-state index is -0.806. The van der Waals surface area contributed by atoms with Gasteiger partial charge >= 0.3 is 5.97 Å². The maximum absolute atomic E-state index is 12.6. The SMILES string of the molecule is Cc1cc(N(CCC#N)C(=O)COC(=O)CNC(=O)c2ccc(Cl)cc2Cl)ccc1Cl. The summed E-state index contributed by atoms with van der Waals surface area (Å²) >= 11 is 17.8. The second-order valence-electron chi connectivity index (χ2n) is 6.35. The van der Waals surface area contributed by atoms with Gasteiger partial charge in [-0.3, -0.25) is 14.4 Å². The van der Waals surface area contributed by atoms with Crippen molar-refractivity contribution in [2.75, 3.05) is 24.6 Å². The minimum Gasteiger partial charge on any atom is -0.454 e. The molecule has 0 bridgehead atoms. The van der Waals surface area contributed by atoms with Crippen molar-refractivity contribution in [1.82, 2.24) is 5.32 Å². The highest BCUT2D eigenvalue weighted by atomic mass is 35.5. The number of anilines is 1. The zero-order chi connectivity index (χ0) is 23.0. The predicted octanol–water partition coefficient (Wildman–Crippen LogP) is 4.18. The fourth-order valence-corrected chi connectivity index (χ4v) is 3.16. The van der Waals surface area contributed by atoms with Crippen molar-refractivity contribution in [3.8, 4) is 6.07 Å². The number of carbonyl (C=O) groups is 3. The molecule has 2 rings (SSSR count). The third-order valence-corrected chi connectivity index (χ3v) is 5.10. The number of nitriles is 1. The molecule has 0 saturated heterocycles. The zero-order valence-corrected chi connectivity index (χ0v) is 18.7. The van der Waals surface area contributed by atoms with Crippen LogP contribution in [0, 0.1) is 18.3 Å². The van der Waals surface area contributed by atoms with Crippen molar-refractivity contribution in [3.05, 3.63) is 62.6 Å². The fraction of sp³-hybridized carbons (Fsp3) is 0.238. The first-order chi connectivity index (χ1) is 14.7. The molecule has 0 saturated carbocycles. The molecule has 10 heteroatoms. The molecule has 0 fully saturated rings. The maximum Gasteiger partial charge on any atom is 0.325 e. The van der Waals surface area contributed by atoms with Crippen LogP contribution in [0.5, 0.6) is 0 Å². The molecule has 0 aliphatic carbocycles. The van der Waals surface area contributed by atoms with E-state index in [0.29, 0.717) is 15.7 Å². The fourth-order valence-electron chi connectivity index (χ4n) is 2.55. The Balaban J connectivity index is 1.93. The molecule has 162 valence electrons. The lowest BCUT2D eigenvalue weighted by Gasteiger charge is -2.22. The van der Waals surface area contributed by atoms with Gasteiger partial charge in [-0.25, -0.2) is 0 Å². The average Bonchev–Trinajstić information content (AvgIpc) is 2.73. The van der Waals surface area contributed by atoms with Crippen molar-refractivity contribution in [1.29, 1.82) is 5.26 Å². The van der Waals surface area contributed by atoms with Gasteiger partial charge in [0.2, 0.25) is 0 Å². The van der Waals surface area contributed by atoms with Crippen LogP contribution in [0.25, 0.3) is 0 Å². The summed E-state index contributed by atoms with van der Waals surface area (Å²) in [7, 11) is 0. The number of benzene rings is 2. The van der Waals surface area contributed by atoms with E-state index in [-0.39, 0.29) is 23.6 Å². The van der Waals surface area contributed by atoms with Gasteiger partial charge in [0.1, 0.15) is 6.54 Å². The summed E-state index contributed by atoms with van der Waals surface area (Å²) in [6.07, 6.45) is 0.0965. The van der Waals surface area contributed by atoms with Crippen LogP contribution in [0.1, 0.15) is 22.3 Å². The summed E-state index contributed by atoms with van der Waals surface area (Å²) < 4.78 is 4.97. The highest BCUT2D eigenvalue weighted by Gasteiger charge is 2.19. The zero-order valence-electron chi connectivity index (χ0n) is 16.5. The highest BCUT2D eigenvalue weighted by molar-refractivity contribution is 6.36. The summed E-state index contributed by atoms with van der Waals surface area (Å²) in [5, 5.41) is 12.3. The second-order valence-corrected chi connectivity index (χ2v) is 7.61. The van der Waals surface area contributed by atoms with Gasteiger partial charge in [-0.1, -0.05) is 34.8 Å². The first-order valence-corrected chi connectivity index (χ1v) is 10.2. The van der Waals surface area contributed by atoms with E-state index < -0.39 is 30.9 Å². The van der Waals surface area contributed by atoms with E-state index in [0.717, 1.165) is 5.56 Å². The quantitative estimate of drug-likeness (QED) is 0.569. The van der Waals surface area contributed by atoms with Crippen LogP contribution < -0.4 is 10.2 Å². The number of aryl methyl sites for hydroxylation is 1. The molecule has 0 spiro atoms. The smallest absolute Gasteiger partial charge is 0.325 e. The Morgan fingerprint density at radius 3 is 2.48 bits per heavy atom. The molecule has 0 radical (unpaired) electrons. The number of rotatable bonds is 8. The first-order valence-electron chi connectivity index (χ1n) is 9.05. The number of amides is 2. The van der Waals surface area contributed by atoms with Crippen LogP contribution in [0.4, 0.5) is 5.69 Å². The van der Waals surface area contributed by atoms with E-state index in [9.17, 15) is 14.4 Å². The van der Waals surface area contributed by atoms with Gasteiger partial charge in [-0.05, 0) is 48.9 Å². The van der Waals surface area contributed by atoms with E-state index in [1.807, 2.05) is 6.07 Å². The van der Waals surface area contributed by atoms with Crippen molar-refractivity contribution in [2.24, 2.45) is 0 Å². The molecular weight excluding hydrogens is 465 g/mol. The number of ether oxygens (including phenoxy) is 1. The second kappa shape index (κ2) is 11.6. The first kappa shape index (κ1) is 24.5. The van der Waals surface area contributed by atoms with E-state index >= 15 is 0 Å². The van der Waals surface area contributed by atoms with Gasteiger partial charge < -0.3 is 15.0 Å². The van der Waals surface area contributed by atoms with Crippen LogP contribution in [-0.4, -0.2) is 37.5 Å². The van der Waals surface area contributed by atoms with Crippen LogP contribution in [0.2, 0.25) is 15.1 Å². The number of hydrogen-bond acceptors (Lipinski definition) is 5. The molecule has 0 aliphatic rings. The van der Waals surface area contributed by atoms with Crippen molar-refractivity contribution < 1.29 is 19.1 Å². The number of carbonyl (C=O) groups excluding carboxylic acids is 3. The lowest BCUT2D eigenvalue weighted by Crippen LogP contribution is -2.37. The van der Waals surface area contributed by atoms with Crippen LogP contribution in [0.3, 0.4) is 0 Å². The Morgan fingerprint density at radius 2 is 1.84 bits per heavy atom. The average molecular weight is 483 g/mol. The molecule has 2 amide bonds. The van der Waals surface area contributed by atoms with Gasteiger partial charge in [0.05, 0.1) is 23.1 Å². The standard InChI is InChI=1S/C21H18Cl3N3O4/c1-13-9-15(4-6-17(13)23)27(8-2-7-25)19(28)12-31-20(29)11-26-21(30)16-5-3-14(22)10-18(16)24/h3-6,9-10H,2,8,11-12H2,1H3,(H,26,30). The molecule has 0 aromatic heterocycles. The summed E-state index contributed by atoms with van der Waals surface area (Å²) in [6, 6.07) is 11.3. The lowest BCUT2D eigenvalue weighted by atomic mass is 10.2. The number of nitrogens with one attached hydrogen (secondary N) is 1. The molecule has 2 aromatic carbocycles. The van der Waals surface area contributed by atoms with E-state index in [4.69, 9.17) is 44.8 Å². The molecule has 0 aliphatic heterocycles. The van der Waals surface area contributed by atoms with E-state index in [1.54, 1.807) is 25.1 Å². The Hall–Kier alpha value is -2.79. The summed E-state index contributed by atoms with van der Waals surface area (Å²) in [4.78, 5) is 38.0. The van der Waals surface area contributed by atoms with E-state index in [1.165, 1.54) is 23.1 Å². The molecule has 0 unspecified atom stereocenters. The summed E-state index contributed by atoms with van der Waals surface area (Å²) in [6.45, 7) is 0.904. The molecule has 0 atom stereocenters. The number of hydrogen-bond donors (Lipinski definition) is 1. The lowest BCUT2D eigenvalue weighted by molar-refractivity contribution is -0.146. The summed E-state index contributed by atoms with van der Waals surface area (Å²) in [5.74, 6) is -1.91. The van der Waals surface area contributed by atoms with Crippen molar-refractivity contribution >= 4 is 58.3 Å². The van der Waals surface area contributed by atoms with Crippen LogP contribution in [0.15, 0.2) is 36.4 Å². The van der Waals surface area contributed by atoms with Crippen LogP contribution >= 0.6 is 34.8 Å². The van der Waals surface area contributed by atoms with Crippen molar-refractivity contribution in [2.45, 2.75) is 13.3 Å². The molecule has 1 N–H and O–H groups in total. The molecule has 31 heavy (non-hydrogen) atoms. The molecular formula is C21H18Cl3N3O4. The van der Waals surface area contributed by atoms with E-state index in [2.05, 4.69) is 5.32 Å². The molecule has 7 nitrogen and oxygen atoms in total. The number of halogens is 3. The molecule has 2 aromatic rings. The Kier molecular flexibility index (Phi) is 9.13. The largest absolute Gasteiger partial charge is 0.454 e. The summed E-state index contributed by atoms with van der Waals surface area (Å²) in [5.41, 5.74) is 1.44. The predicted molar refractivity (Wildman–Crippen MR) is 119 cm³/mol. The van der Waals surface area contributed by atoms with Gasteiger partial charge in [0.25, 0.3) is 11.8 Å². The number of nitrogens with zero attached hydrogens (tertiary/aromatic N) is 2. The topological polar surface area (TPSA) is 99.5 Å². The third-order valence-electron chi connectivity index (χ3n) is 4.13. The highest BCUT2D eigenvalue weighted by Crippen LogP contribution is 2.23. The molecule has 0 heterocycles.